The summed E-state index contributed by atoms with van der Waals surface area (Å²) in [6, 6.07) is 0.979. The first-order valence-electron chi connectivity index (χ1n) is 5.25. The minimum Gasteiger partial charge on any atom is -0.311 e. The molecule has 13 heavy (non-hydrogen) atoms. The van der Waals surface area contributed by atoms with E-state index in [0.717, 1.165) is 26.1 Å². The van der Waals surface area contributed by atoms with Crippen LogP contribution in [0.2, 0.25) is 0 Å². The van der Waals surface area contributed by atoms with Gasteiger partial charge in [0, 0.05) is 25.7 Å². The van der Waals surface area contributed by atoms with Crippen LogP contribution >= 0.6 is 0 Å². The van der Waals surface area contributed by atoms with Crippen molar-refractivity contribution in [3.05, 3.63) is 0 Å². The Balaban J connectivity index is 2.46. The highest BCUT2D eigenvalue weighted by atomic mass is 15.2. The second-order valence-corrected chi connectivity index (χ2v) is 3.64. The van der Waals surface area contributed by atoms with E-state index in [-0.39, 0.29) is 0 Å². The molecule has 1 N–H and O–H groups in total. The molecule has 0 saturated carbocycles. The Kier molecular flexibility index (Phi) is 4.27. The van der Waals surface area contributed by atoms with Crippen LogP contribution < -0.4 is 5.32 Å². The van der Waals surface area contributed by atoms with Crippen LogP contribution in [-0.4, -0.2) is 36.6 Å². The van der Waals surface area contributed by atoms with E-state index >= 15 is 0 Å². The van der Waals surface area contributed by atoms with E-state index in [1.54, 1.807) is 0 Å². The van der Waals surface area contributed by atoms with Gasteiger partial charge < -0.3 is 5.32 Å². The number of nitrogens with zero attached hydrogens (tertiary/aromatic N) is 1. The largest absolute Gasteiger partial charge is 0.311 e. The zero-order valence-corrected chi connectivity index (χ0v) is 8.71. The minimum atomic E-state index is 0.344. The molecule has 74 valence electrons. The average Bonchev–Trinajstić information content (AvgIpc) is 2.20. The van der Waals surface area contributed by atoms with Gasteiger partial charge in [-0.15, -0.1) is 6.42 Å². The van der Waals surface area contributed by atoms with E-state index < -0.39 is 0 Å². The summed E-state index contributed by atoms with van der Waals surface area (Å²) in [7, 11) is 0. The van der Waals surface area contributed by atoms with Crippen molar-refractivity contribution < 1.29 is 0 Å². The summed E-state index contributed by atoms with van der Waals surface area (Å²) in [6.07, 6.45) is 7.74. The lowest BCUT2D eigenvalue weighted by Crippen LogP contribution is -2.53. The van der Waals surface area contributed by atoms with Crippen molar-refractivity contribution in [3.8, 4) is 12.3 Å². The number of piperazine rings is 1. The molecule has 2 nitrogen and oxygen atoms in total. The third-order valence-electron chi connectivity index (χ3n) is 2.80. The first-order chi connectivity index (χ1) is 6.31. The molecule has 1 heterocycles. The number of hydrogen-bond acceptors (Lipinski definition) is 2. The van der Waals surface area contributed by atoms with Gasteiger partial charge in [-0.05, 0) is 12.8 Å². The fourth-order valence-corrected chi connectivity index (χ4v) is 1.89. The van der Waals surface area contributed by atoms with Crippen LogP contribution in [0.25, 0.3) is 0 Å². The van der Waals surface area contributed by atoms with Gasteiger partial charge in [0.2, 0.25) is 0 Å². The monoisotopic (exact) mass is 180 g/mol. The number of nitrogens with one attached hydrogen (secondary N) is 1. The number of hydrogen-bond donors (Lipinski definition) is 1. The van der Waals surface area contributed by atoms with Gasteiger partial charge in [0.15, 0.2) is 0 Å². The van der Waals surface area contributed by atoms with Crippen molar-refractivity contribution in [2.75, 3.05) is 19.6 Å². The highest BCUT2D eigenvalue weighted by molar-refractivity contribution is 5.00. The van der Waals surface area contributed by atoms with E-state index in [4.69, 9.17) is 6.42 Å². The Morgan fingerprint density at radius 1 is 1.62 bits per heavy atom. The van der Waals surface area contributed by atoms with Crippen molar-refractivity contribution in [3.63, 3.8) is 0 Å². The Labute approximate surface area is 81.7 Å². The third-order valence-corrected chi connectivity index (χ3v) is 2.80. The van der Waals surface area contributed by atoms with Crippen LogP contribution in [0.5, 0.6) is 0 Å². The molecule has 1 fully saturated rings. The fourth-order valence-electron chi connectivity index (χ4n) is 1.89. The van der Waals surface area contributed by atoms with Crippen LogP contribution in [-0.2, 0) is 0 Å². The minimum absolute atomic E-state index is 0.344. The molecule has 1 saturated heterocycles. The third kappa shape index (κ3) is 2.72. The molecule has 1 aliphatic rings. The van der Waals surface area contributed by atoms with Crippen LogP contribution in [0.1, 0.15) is 26.7 Å². The normalized spacial score (nSPS) is 26.7. The average molecular weight is 180 g/mol. The maximum atomic E-state index is 5.49. The highest BCUT2D eigenvalue weighted by Crippen LogP contribution is 2.08. The molecule has 1 aliphatic heterocycles. The topological polar surface area (TPSA) is 15.3 Å². The molecule has 0 aromatic heterocycles. The fraction of sp³-hybridized carbons (Fsp3) is 0.818. The van der Waals surface area contributed by atoms with E-state index in [2.05, 4.69) is 30.0 Å². The summed E-state index contributed by atoms with van der Waals surface area (Å²) in [5, 5.41) is 3.49. The predicted molar refractivity (Wildman–Crippen MR) is 56.6 cm³/mol. The summed E-state index contributed by atoms with van der Waals surface area (Å²) < 4.78 is 0. The quantitative estimate of drug-likeness (QED) is 0.654. The molecular formula is C11H20N2. The summed E-state index contributed by atoms with van der Waals surface area (Å²) in [4.78, 5) is 2.42. The maximum absolute atomic E-state index is 5.49. The van der Waals surface area contributed by atoms with E-state index in [1.807, 2.05) is 0 Å². The second-order valence-electron chi connectivity index (χ2n) is 3.64. The second kappa shape index (κ2) is 5.26. The number of terminal acetylenes is 1. The summed E-state index contributed by atoms with van der Waals surface area (Å²) >= 11 is 0. The van der Waals surface area contributed by atoms with Crippen LogP contribution in [0.15, 0.2) is 0 Å². The zero-order valence-electron chi connectivity index (χ0n) is 8.71. The van der Waals surface area contributed by atoms with Crippen molar-refractivity contribution >= 4 is 0 Å². The van der Waals surface area contributed by atoms with Gasteiger partial charge in [0.05, 0.1) is 6.04 Å². The van der Waals surface area contributed by atoms with Crippen molar-refractivity contribution in [2.24, 2.45) is 0 Å². The smallest absolute Gasteiger partial charge is 0.0710 e. The first kappa shape index (κ1) is 10.6. The van der Waals surface area contributed by atoms with Gasteiger partial charge in [0.25, 0.3) is 0 Å². The Morgan fingerprint density at radius 3 is 2.92 bits per heavy atom. The van der Waals surface area contributed by atoms with Gasteiger partial charge in [-0.1, -0.05) is 19.8 Å². The van der Waals surface area contributed by atoms with Crippen LogP contribution in [0, 0.1) is 12.3 Å². The van der Waals surface area contributed by atoms with E-state index in [9.17, 15) is 0 Å². The molecular weight excluding hydrogens is 160 g/mol. The molecule has 2 heteroatoms. The molecule has 0 aromatic rings. The zero-order chi connectivity index (χ0) is 9.68. The van der Waals surface area contributed by atoms with Crippen molar-refractivity contribution in [1.29, 1.82) is 0 Å². The molecule has 0 aliphatic carbocycles. The summed E-state index contributed by atoms with van der Waals surface area (Å²) in [5.74, 6) is 2.86. The molecule has 0 amide bonds. The van der Waals surface area contributed by atoms with Gasteiger partial charge in [-0.3, -0.25) is 4.90 Å². The molecule has 1 rings (SSSR count). The van der Waals surface area contributed by atoms with Gasteiger partial charge >= 0.3 is 0 Å². The molecule has 0 spiro atoms. The van der Waals surface area contributed by atoms with E-state index in [0.29, 0.717) is 12.1 Å². The molecule has 2 atom stereocenters. The Bertz CT molecular complexity index is 183. The standard InChI is InChI=1S/C11H20N2/c1-4-10-9-13(8-7-12-10)11(5-2)6-3/h2,10-12H,4,6-9H2,1,3H3. The molecule has 0 bridgehead atoms. The van der Waals surface area contributed by atoms with Crippen molar-refractivity contribution in [2.45, 2.75) is 38.8 Å². The lowest BCUT2D eigenvalue weighted by atomic mass is 10.1. The predicted octanol–water partition coefficient (Wildman–Crippen LogP) is 1.08. The van der Waals surface area contributed by atoms with Crippen LogP contribution in [0.4, 0.5) is 0 Å². The summed E-state index contributed by atoms with van der Waals surface area (Å²) in [5.41, 5.74) is 0. The molecule has 0 radical (unpaired) electrons. The van der Waals surface area contributed by atoms with Crippen molar-refractivity contribution in [1.82, 2.24) is 10.2 Å². The SMILES string of the molecule is C#CC(CC)N1CCNC(CC)C1. The molecule has 0 aromatic carbocycles. The molecule has 2 unspecified atom stereocenters. The van der Waals surface area contributed by atoms with Gasteiger partial charge in [-0.25, -0.2) is 0 Å². The lowest BCUT2D eigenvalue weighted by molar-refractivity contribution is 0.167. The van der Waals surface area contributed by atoms with Crippen LogP contribution in [0.3, 0.4) is 0 Å². The Morgan fingerprint density at radius 2 is 2.38 bits per heavy atom. The highest BCUT2D eigenvalue weighted by Gasteiger charge is 2.21. The van der Waals surface area contributed by atoms with E-state index in [1.165, 1.54) is 6.42 Å². The number of rotatable bonds is 3. The van der Waals surface area contributed by atoms with Gasteiger partial charge in [-0.2, -0.15) is 0 Å². The maximum Gasteiger partial charge on any atom is 0.0710 e. The Hall–Kier alpha value is -0.520. The summed E-state index contributed by atoms with van der Waals surface area (Å²) in [6.45, 7) is 7.67. The van der Waals surface area contributed by atoms with Gasteiger partial charge in [0.1, 0.15) is 0 Å². The first-order valence-corrected chi connectivity index (χ1v) is 5.25. The lowest BCUT2D eigenvalue weighted by Gasteiger charge is -2.36.